The van der Waals surface area contributed by atoms with Gasteiger partial charge in [-0.25, -0.2) is 4.98 Å². The summed E-state index contributed by atoms with van der Waals surface area (Å²) >= 11 is 3.59. The molecule has 1 saturated heterocycles. The fourth-order valence-electron chi connectivity index (χ4n) is 2.72. The Morgan fingerprint density at radius 2 is 2.15 bits per heavy atom. The highest BCUT2D eigenvalue weighted by Gasteiger charge is 2.29. The van der Waals surface area contributed by atoms with Gasteiger partial charge in [0, 0.05) is 29.4 Å². The minimum Gasteiger partial charge on any atom is -0.372 e. The van der Waals surface area contributed by atoms with Crippen LogP contribution in [-0.2, 0) is 10.1 Å². The van der Waals surface area contributed by atoms with Crippen LogP contribution in [0.3, 0.4) is 0 Å². The second-order valence-electron chi connectivity index (χ2n) is 5.83. The first kappa shape index (κ1) is 13.8. The van der Waals surface area contributed by atoms with Crippen molar-refractivity contribution in [2.24, 2.45) is 0 Å². The van der Waals surface area contributed by atoms with Crippen molar-refractivity contribution in [2.45, 2.75) is 24.8 Å². The maximum atomic E-state index is 5.80. The lowest BCUT2D eigenvalue weighted by Crippen LogP contribution is -2.48. The number of alkyl halides is 1. The van der Waals surface area contributed by atoms with Crippen molar-refractivity contribution in [1.29, 1.82) is 0 Å². The lowest BCUT2D eigenvalue weighted by Gasteiger charge is -2.39. The molecule has 20 heavy (non-hydrogen) atoms. The van der Waals surface area contributed by atoms with Crippen molar-refractivity contribution < 1.29 is 4.74 Å². The molecule has 0 amide bonds. The maximum Gasteiger partial charge on any atom is 0.133 e. The van der Waals surface area contributed by atoms with Gasteiger partial charge in [0.25, 0.3) is 0 Å². The Bertz CT molecular complexity index is 627. The topological polar surface area (TPSA) is 25.4 Å². The Balaban J connectivity index is 2.05. The zero-order chi connectivity index (χ0) is 14.2. The Kier molecular flexibility index (Phi) is 3.69. The molecular formula is C16H19BrN2O. The minimum atomic E-state index is -0.116. The van der Waals surface area contributed by atoms with Gasteiger partial charge in [-0.3, -0.25) is 0 Å². The summed E-state index contributed by atoms with van der Waals surface area (Å²) in [5.74, 6) is 1.08. The van der Waals surface area contributed by atoms with Crippen LogP contribution < -0.4 is 4.90 Å². The van der Waals surface area contributed by atoms with Crippen LogP contribution in [0.25, 0.3) is 10.9 Å². The van der Waals surface area contributed by atoms with Gasteiger partial charge in [0.2, 0.25) is 0 Å². The molecule has 0 saturated carbocycles. The fraction of sp³-hybridized carbons (Fsp3) is 0.438. The molecule has 0 N–H and O–H groups in total. The number of aromatic nitrogens is 1. The summed E-state index contributed by atoms with van der Waals surface area (Å²) in [5.41, 5.74) is 2.17. The van der Waals surface area contributed by atoms with Gasteiger partial charge in [-0.2, -0.15) is 0 Å². The molecule has 1 fully saturated rings. The SMILES string of the molecule is CC1(C)CN(c2nc3ccccc3cc2CBr)CCO1. The van der Waals surface area contributed by atoms with Crippen LogP contribution in [0, 0.1) is 0 Å². The largest absolute Gasteiger partial charge is 0.372 e. The average Bonchev–Trinajstić information content (AvgIpc) is 2.44. The van der Waals surface area contributed by atoms with E-state index in [4.69, 9.17) is 9.72 Å². The average molecular weight is 335 g/mol. The first-order valence-electron chi connectivity index (χ1n) is 6.93. The minimum absolute atomic E-state index is 0.116. The van der Waals surface area contributed by atoms with E-state index in [-0.39, 0.29) is 5.60 Å². The second-order valence-corrected chi connectivity index (χ2v) is 6.39. The van der Waals surface area contributed by atoms with Gasteiger partial charge < -0.3 is 9.64 Å². The molecule has 0 radical (unpaired) electrons. The smallest absolute Gasteiger partial charge is 0.133 e. The highest BCUT2D eigenvalue weighted by molar-refractivity contribution is 9.08. The van der Waals surface area contributed by atoms with Crippen LogP contribution in [0.4, 0.5) is 5.82 Å². The Morgan fingerprint density at radius 1 is 1.35 bits per heavy atom. The first-order chi connectivity index (χ1) is 9.59. The molecule has 2 heterocycles. The first-order valence-corrected chi connectivity index (χ1v) is 8.05. The number of hydrogen-bond donors (Lipinski definition) is 0. The Labute approximate surface area is 128 Å². The zero-order valence-corrected chi connectivity index (χ0v) is 13.5. The van der Waals surface area contributed by atoms with E-state index in [9.17, 15) is 0 Å². The highest BCUT2D eigenvalue weighted by Crippen LogP contribution is 2.28. The number of nitrogens with zero attached hydrogens (tertiary/aromatic N) is 2. The maximum absolute atomic E-state index is 5.80. The molecule has 106 valence electrons. The lowest BCUT2D eigenvalue weighted by atomic mass is 10.1. The van der Waals surface area contributed by atoms with Crippen molar-refractivity contribution in [3.8, 4) is 0 Å². The van der Waals surface area contributed by atoms with Crippen molar-refractivity contribution in [3.63, 3.8) is 0 Å². The van der Waals surface area contributed by atoms with Crippen LogP contribution in [-0.4, -0.2) is 30.3 Å². The fourth-order valence-corrected chi connectivity index (χ4v) is 3.13. The second kappa shape index (κ2) is 5.34. The molecule has 0 atom stereocenters. The van der Waals surface area contributed by atoms with Crippen molar-refractivity contribution >= 4 is 32.7 Å². The third-order valence-corrected chi connectivity index (χ3v) is 4.25. The number of rotatable bonds is 2. The van der Waals surface area contributed by atoms with E-state index in [1.165, 1.54) is 10.9 Å². The molecule has 1 aromatic carbocycles. The molecule has 1 aliphatic heterocycles. The van der Waals surface area contributed by atoms with E-state index in [2.05, 4.69) is 58.9 Å². The monoisotopic (exact) mass is 334 g/mol. The molecule has 1 aliphatic rings. The molecule has 3 rings (SSSR count). The predicted octanol–water partition coefficient (Wildman–Crippen LogP) is 3.74. The number of pyridine rings is 1. The van der Waals surface area contributed by atoms with E-state index >= 15 is 0 Å². The van der Waals surface area contributed by atoms with Crippen LogP contribution in [0.5, 0.6) is 0 Å². The van der Waals surface area contributed by atoms with Crippen LogP contribution in [0.1, 0.15) is 19.4 Å². The van der Waals surface area contributed by atoms with Crippen LogP contribution in [0.15, 0.2) is 30.3 Å². The lowest BCUT2D eigenvalue weighted by molar-refractivity contribution is -0.0279. The quantitative estimate of drug-likeness (QED) is 0.782. The standard InChI is InChI=1S/C16H19BrN2O/c1-16(2)11-19(7-8-20-16)15-13(10-17)9-12-5-3-4-6-14(12)18-15/h3-6,9H,7-8,10-11H2,1-2H3. The van der Waals surface area contributed by atoms with Gasteiger partial charge >= 0.3 is 0 Å². The van der Waals surface area contributed by atoms with Crippen LogP contribution in [0.2, 0.25) is 0 Å². The summed E-state index contributed by atoms with van der Waals surface area (Å²) in [6.07, 6.45) is 0. The van der Waals surface area contributed by atoms with Gasteiger partial charge in [-0.15, -0.1) is 0 Å². The molecule has 1 aromatic heterocycles. The number of hydrogen-bond acceptors (Lipinski definition) is 3. The molecule has 0 aliphatic carbocycles. The van der Waals surface area contributed by atoms with E-state index in [0.29, 0.717) is 0 Å². The van der Waals surface area contributed by atoms with Crippen molar-refractivity contribution in [2.75, 3.05) is 24.6 Å². The molecule has 0 spiro atoms. The van der Waals surface area contributed by atoms with Gasteiger partial charge in [0.15, 0.2) is 0 Å². The molecule has 4 heteroatoms. The van der Waals surface area contributed by atoms with Crippen molar-refractivity contribution in [1.82, 2.24) is 4.98 Å². The van der Waals surface area contributed by atoms with Gasteiger partial charge in [0.05, 0.1) is 17.7 Å². The van der Waals surface area contributed by atoms with Crippen LogP contribution >= 0.6 is 15.9 Å². The Morgan fingerprint density at radius 3 is 2.90 bits per heavy atom. The summed E-state index contributed by atoms with van der Waals surface area (Å²) in [7, 11) is 0. The van der Waals surface area contributed by atoms with E-state index < -0.39 is 0 Å². The molecule has 2 aromatic rings. The summed E-state index contributed by atoms with van der Waals surface area (Å²) in [6, 6.07) is 10.5. The summed E-state index contributed by atoms with van der Waals surface area (Å²) in [6.45, 7) is 6.79. The number of anilines is 1. The number of morpholine rings is 1. The normalized spacial score (nSPS) is 18.4. The number of fused-ring (bicyclic) bond motifs is 1. The molecule has 3 nitrogen and oxygen atoms in total. The summed E-state index contributed by atoms with van der Waals surface area (Å²) < 4.78 is 5.80. The zero-order valence-electron chi connectivity index (χ0n) is 11.9. The number of ether oxygens (including phenoxy) is 1. The number of halogens is 1. The van der Waals surface area contributed by atoms with Gasteiger partial charge in [0.1, 0.15) is 5.82 Å². The van der Waals surface area contributed by atoms with Crippen molar-refractivity contribution in [3.05, 3.63) is 35.9 Å². The van der Waals surface area contributed by atoms with E-state index in [1.807, 2.05) is 6.07 Å². The third-order valence-electron chi connectivity index (χ3n) is 3.65. The number of benzene rings is 1. The molecule has 0 bridgehead atoms. The third kappa shape index (κ3) is 2.67. The van der Waals surface area contributed by atoms with E-state index in [0.717, 1.165) is 36.4 Å². The summed E-state index contributed by atoms with van der Waals surface area (Å²) in [5, 5.41) is 2.01. The highest BCUT2D eigenvalue weighted by atomic mass is 79.9. The molecule has 0 unspecified atom stereocenters. The van der Waals surface area contributed by atoms with Gasteiger partial charge in [-0.1, -0.05) is 34.1 Å². The van der Waals surface area contributed by atoms with E-state index in [1.54, 1.807) is 0 Å². The number of para-hydroxylation sites is 1. The molecular weight excluding hydrogens is 316 g/mol. The summed E-state index contributed by atoms with van der Waals surface area (Å²) in [4.78, 5) is 7.22. The van der Waals surface area contributed by atoms with Gasteiger partial charge in [-0.05, 0) is 26.0 Å². The Hall–Kier alpha value is -1.13. The predicted molar refractivity (Wildman–Crippen MR) is 86.6 cm³/mol.